The minimum absolute atomic E-state index is 0.307. The first-order chi connectivity index (χ1) is 7.31. The molecule has 0 bridgehead atoms. The van der Waals surface area contributed by atoms with Crippen LogP contribution < -0.4 is 0 Å². The maximum atomic E-state index is 9.21. The van der Waals surface area contributed by atoms with Crippen molar-refractivity contribution in [2.24, 2.45) is 5.92 Å². The Morgan fingerprint density at radius 2 is 1.81 bits per heavy atom. The zero-order chi connectivity index (χ0) is 12.4. The highest BCUT2D eigenvalue weighted by molar-refractivity contribution is 5.01. The van der Waals surface area contributed by atoms with Crippen LogP contribution in [0.4, 0.5) is 0 Å². The molecule has 0 aromatic rings. The van der Waals surface area contributed by atoms with Gasteiger partial charge in [0.25, 0.3) is 0 Å². The molecular weight excluding hydrogens is 212 g/mol. The highest BCUT2D eigenvalue weighted by Gasteiger charge is 2.51. The fourth-order valence-electron chi connectivity index (χ4n) is 1.51. The van der Waals surface area contributed by atoms with Crippen molar-refractivity contribution in [1.82, 2.24) is 0 Å². The molecule has 0 aliphatic carbocycles. The highest BCUT2D eigenvalue weighted by atomic mass is 16.9. The monoisotopic (exact) mass is 230 g/mol. The first-order valence-electron chi connectivity index (χ1n) is 5.11. The predicted octanol–water partition coefficient (Wildman–Crippen LogP) is 0.0622. The van der Waals surface area contributed by atoms with Gasteiger partial charge in [0.1, 0.15) is 0 Å². The van der Waals surface area contributed by atoms with E-state index in [2.05, 4.69) is 5.92 Å². The average Bonchev–Trinajstić information content (AvgIpc) is 2.50. The zero-order valence-corrected chi connectivity index (χ0v) is 9.77. The molecule has 1 atom stereocenters. The molecular formula is C11H18O5. The van der Waals surface area contributed by atoms with E-state index >= 15 is 0 Å². The quantitative estimate of drug-likeness (QED) is 0.530. The lowest BCUT2D eigenvalue weighted by atomic mass is 10.1. The molecule has 0 aromatic carbocycles. The zero-order valence-electron chi connectivity index (χ0n) is 9.77. The number of ether oxygens (including phenoxy) is 3. The van der Waals surface area contributed by atoms with Gasteiger partial charge in [0.05, 0.1) is 18.8 Å². The Labute approximate surface area is 95.3 Å². The van der Waals surface area contributed by atoms with Crippen LogP contribution in [0.1, 0.15) is 20.8 Å². The molecule has 1 fully saturated rings. The molecule has 0 radical (unpaired) electrons. The number of rotatable bonds is 3. The van der Waals surface area contributed by atoms with Gasteiger partial charge in [0, 0.05) is 0 Å². The van der Waals surface area contributed by atoms with Crippen molar-refractivity contribution in [2.75, 3.05) is 13.2 Å². The molecule has 1 aliphatic rings. The molecule has 1 unspecified atom stereocenters. The van der Waals surface area contributed by atoms with Crippen LogP contribution in [0.3, 0.4) is 0 Å². The standard InChI is InChI=1S/C11H18O5/c1-5-8(9(12)13)11(14-6-7-15-11)16-10(2,3)4/h1,8-9,12-13H,6-7H2,2-4H3. The first kappa shape index (κ1) is 13.4. The van der Waals surface area contributed by atoms with Gasteiger partial charge in [-0.05, 0) is 20.8 Å². The van der Waals surface area contributed by atoms with Crippen LogP contribution in [0.5, 0.6) is 0 Å². The molecule has 92 valence electrons. The summed E-state index contributed by atoms with van der Waals surface area (Å²) in [4.78, 5) is 0. The molecule has 1 rings (SSSR count). The van der Waals surface area contributed by atoms with E-state index in [0.717, 1.165) is 0 Å². The van der Waals surface area contributed by atoms with E-state index in [-0.39, 0.29) is 0 Å². The van der Waals surface area contributed by atoms with Crippen molar-refractivity contribution in [3.63, 3.8) is 0 Å². The van der Waals surface area contributed by atoms with Crippen molar-refractivity contribution in [1.29, 1.82) is 0 Å². The molecule has 1 saturated heterocycles. The molecule has 16 heavy (non-hydrogen) atoms. The molecule has 1 heterocycles. The van der Waals surface area contributed by atoms with E-state index in [1.165, 1.54) is 0 Å². The third kappa shape index (κ3) is 2.94. The van der Waals surface area contributed by atoms with Gasteiger partial charge in [0.2, 0.25) is 0 Å². The second-order valence-electron chi connectivity index (χ2n) is 4.57. The van der Waals surface area contributed by atoms with Crippen molar-refractivity contribution < 1.29 is 24.4 Å². The molecule has 5 nitrogen and oxygen atoms in total. The smallest absolute Gasteiger partial charge is 0.303 e. The second-order valence-corrected chi connectivity index (χ2v) is 4.57. The molecule has 0 spiro atoms. The Hall–Kier alpha value is -0.640. The summed E-state index contributed by atoms with van der Waals surface area (Å²) in [5, 5.41) is 18.4. The summed E-state index contributed by atoms with van der Waals surface area (Å²) in [5.74, 6) is -0.425. The average molecular weight is 230 g/mol. The first-order valence-corrected chi connectivity index (χ1v) is 5.11. The van der Waals surface area contributed by atoms with Crippen molar-refractivity contribution >= 4 is 0 Å². The fourth-order valence-corrected chi connectivity index (χ4v) is 1.51. The third-order valence-corrected chi connectivity index (χ3v) is 2.00. The Morgan fingerprint density at radius 1 is 1.31 bits per heavy atom. The number of aliphatic hydroxyl groups is 2. The van der Waals surface area contributed by atoms with Crippen molar-refractivity contribution in [3.8, 4) is 12.3 Å². The Bertz CT molecular complexity index is 267. The number of terminal acetylenes is 1. The van der Waals surface area contributed by atoms with Gasteiger partial charge >= 0.3 is 5.97 Å². The lowest BCUT2D eigenvalue weighted by Gasteiger charge is -2.37. The van der Waals surface area contributed by atoms with Crippen LogP contribution in [0, 0.1) is 18.3 Å². The summed E-state index contributed by atoms with van der Waals surface area (Å²) >= 11 is 0. The van der Waals surface area contributed by atoms with Gasteiger partial charge < -0.3 is 24.4 Å². The summed E-state index contributed by atoms with van der Waals surface area (Å²) in [7, 11) is 0. The fraction of sp³-hybridized carbons (Fsp3) is 0.818. The maximum Gasteiger partial charge on any atom is 0.303 e. The van der Waals surface area contributed by atoms with Crippen LogP contribution in [0.2, 0.25) is 0 Å². The molecule has 0 amide bonds. The summed E-state index contributed by atoms with van der Waals surface area (Å²) in [5.41, 5.74) is -0.575. The van der Waals surface area contributed by atoms with Gasteiger partial charge in [-0.3, -0.25) is 0 Å². The van der Waals surface area contributed by atoms with Gasteiger partial charge in [-0.2, -0.15) is 0 Å². The van der Waals surface area contributed by atoms with Gasteiger partial charge in [0.15, 0.2) is 12.2 Å². The molecule has 0 saturated carbocycles. The summed E-state index contributed by atoms with van der Waals surface area (Å²) in [6.45, 7) is 6.02. The van der Waals surface area contributed by atoms with Crippen LogP contribution in [-0.2, 0) is 14.2 Å². The molecule has 1 aliphatic heterocycles. The number of hydrogen-bond donors (Lipinski definition) is 2. The van der Waals surface area contributed by atoms with E-state index in [0.29, 0.717) is 13.2 Å². The predicted molar refractivity (Wildman–Crippen MR) is 56.0 cm³/mol. The molecule has 2 N–H and O–H groups in total. The van der Waals surface area contributed by atoms with Crippen LogP contribution in [0.15, 0.2) is 0 Å². The third-order valence-electron chi connectivity index (χ3n) is 2.00. The van der Waals surface area contributed by atoms with E-state index < -0.39 is 23.8 Å². The van der Waals surface area contributed by atoms with Crippen molar-refractivity contribution in [2.45, 2.75) is 38.6 Å². The van der Waals surface area contributed by atoms with Crippen LogP contribution in [-0.4, -0.2) is 41.3 Å². The van der Waals surface area contributed by atoms with E-state index in [1.807, 2.05) is 0 Å². The molecule has 5 heteroatoms. The SMILES string of the molecule is C#CC(C(O)O)C1(OC(C)(C)C)OCCO1. The Kier molecular flexibility index (Phi) is 3.94. The summed E-state index contributed by atoms with van der Waals surface area (Å²) in [6.07, 6.45) is 3.49. The summed E-state index contributed by atoms with van der Waals surface area (Å²) < 4.78 is 16.2. The van der Waals surface area contributed by atoms with Gasteiger partial charge in [-0.15, -0.1) is 6.42 Å². The van der Waals surface area contributed by atoms with Crippen molar-refractivity contribution in [3.05, 3.63) is 0 Å². The lowest BCUT2D eigenvalue weighted by Crippen LogP contribution is -2.50. The van der Waals surface area contributed by atoms with E-state index in [9.17, 15) is 10.2 Å². The second kappa shape index (κ2) is 4.70. The topological polar surface area (TPSA) is 68.2 Å². The summed E-state index contributed by atoms with van der Waals surface area (Å²) in [6, 6.07) is 0. The number of hydrogen-bond acceptors (Lipinski definition) is 5. The Balaban J connectivity index is 2.92. The van der Waals surface area contributed by atoms with Crippen LogP contribution in [0.25, 0.3) is 0 Å². The lowest BCUT2D eigenvalue weighted by molar-refractivity contribution is -0.395. The largest absolute Gasteiger partial charge is 0.367 e. The van der Waals surface area contributed by atoms with Gasteiger partial charge in [-0.25, -0.2) is 0 Å². The van der Waals surface area contributed by atoms with E-state index in [4.69, 9.17) is 20.6 Å². The maximum absolute atomic E-state index is 9.21. The molecule has 0 aromatic heterocycles. The minimum Gasteiger partial charge on any atom is -0.367 e. The van der Waals surface area contributed by atoms with Crippen LogP contribution >= 0.6 is 0 Å². The highest BCUT2D eigenvalue weighted by Crippen LogP contribution is 2.35. The van der Waals surface area contributed by atoms with E-state index in [1.54, 1.807) is 20.8 Å². The normalized spacial score (nSPS) is 22.1. The Morgan fingerprint density at radius 3 is 2.12 bits per heavy atom. The minimum atomic E-state index is -1.76. The number of aliphatic hydroxyl groups excluding tert-OH is 1. The van der Waals surface area contributed by atoms with Gasteiger partial charge in [-0.1, -0.05) is 5.92 Å².